The van der Waals surface area contributed by atoms with Gasteiger partial charge >= 0.3 is 0 Å². The third kappa shape index (κ3) is 4.31. The van der Waals surface area contributed by atoms with Crippen molar-refractivity contribution >= 4 is 54.7 Å². The standard InChI is InChI=1S/C36H25BrN2/c37-28-19-17-26(18-20-28)27-9-7-14-31(25-27)39(30-12-5-2-6-13-30)36-16-8-15-32-33(36)21-22-35-34(32)23-24-38(35)29-10-3-1-4-11-29/h1-25H. The number of halogens is 1. The minimum atomic E-state index is 1.08. The molecule has 0 aliphatic carbocycles. The van der Waals surface area contributed by atoms with Crippen molar-refractivity contribution in [3.63, 3.8) is 0 Å². The normalized spacial score (nSPS) is 11.2. The molecule has 0 radical (unpaired) electrons. The lowest BCUT2D eigenvalue weighted by molar-refractivity contribution is 1.13. The Morgan fingerprint density at radius 1 is 0.487 bits per heavy atom. The van der Waals surface area contributed by atoms with Crippen LogP contribution in [0.2, 0.25) is 0 Å². The van der Waals surface area contributed by atoms with E-state index in [1.165, 1.54) is 38.5 Å². The highest BCUT2D eigenvalue weighted by Crippen LogP contribution is 2.41. The van der Waals surface area contributed by atoms with Gasteiger partial charge in [0, 0.05) is 38.5 Å². The van der Waals surface area contributed by atoms with Crippen LogP contribution >= 0.6 is 15.9 Å². The summed E-state index contributed by atoms with van der Waals surface area (Å²) >= 11 is 3.56. The molecule has 39 heavy (non-hydrogen) atoms. The van der Waals surface area contributed by atoms with Crippen molar-refractivity contribution in [1.82, 2.24) is 4.57 Å². The molecule has 0 saturated carbocycles. The van der Waals surface area contributed by atoms with E-state index in [1.54, 1.807) is 0 Å². The van der Waals surface area contributed by atoms with E-state index in [4.69, 9.17) is 0 Å². The van der Waals surface area contributed by atoms with Gasteiger partial charge in [-0.05, 0) is 83.2 Å². The number of para-hydroxylation sites is 2. The summed E-state index contributed by atoms with van der Waals surface area (Å²) in [5.41, 5.74) is 8.14. The Labute approximate surface area is 236 Å². The van der Waals surface area contributed by atoms with Crippen molar-refractivity contribution in [1.29, 1.82) is 0 Å². The summed E-state index contributed by atoms with van der Waals surface area (Å²) in [6, 6.07) is 51.8. The van der Waals surface area contributed by atoms with Crippen molar-refractivity contribution < 1.29 is 0 Å². The molecule has 0 amide bonds. The van der Waals surface area contributed by atoms with Crippen molar-refractivity contribution in [3.05, 3.63) is 156 Å². The molecule has 7 aromatic rings. The summed E-state index contributed by atoms with van der Waals surface area (Å²) in [4.78, 5) is 2.37. The Bertz CT molecular complexity index is 1910. The van der Waals surface area contributed by atoms with Crippen LogP contribution in [0.3, 0.4) is 0 Å². The number of fused-ring (bicyclic) bond motifs is 3. The molecule has 6 aromatic carbocycles. The Morgan fingerprint density at radius 3 is 2.00 bits per heavy atom. The number of rotatable bonds is 5. The van der Waals surface area contributed by atoms with Crippen LogP contribution in [0.5, 0.6) is 0 Å². The molecule has 0 aliphatic heterocycles. The molecule has 1 aromatic heterocycles. The van der Waals surface area contributed by atoms with Gasteiger partial charge in [-0.1, -0.05) is 94.8 Å². The second-order valence-corrected chi connectivity index (χ2v) is 10.5. The molecule has 0 unspecified atom stereocenters. The number of aromatic nitrogens is 1. The summed E-state index contributed by atoms with van der Waals surface area (Å²) in [5.74, 6) is 0. The SMILES string of the molecule is Brc1ccc(-c2cccc(N(c3ccccc3)c3cccc4c3ccc3c4ccn3-c3ccccc3)c2)cc1. The highest BCUT2D eigenvalue weighted by molar-refractivity contribution is 9.10. The summed E-state index contributed by atoms with van der Waals surface area (Å²) < 4.78 is 3.34. The van der Waals surface area contributed by atoms with Crippen molar-refractivity contribution in [2.24, 2.45) is 0 Å². The predicted molar refractivity (Wildman–Crippen MR) is 169 cm³/mol. The topological polar surface area (TPSA) is 8.17 Å². The lowest BCUT2D eigenvalue weighted by atomic mass is 10.0. The zero-order chi connectivity index (χ0) is 26.2. The molecule has 1 heterocycles. The van der Waals surface area contributed by atoms with Gasteiger partial charge in [0.25, 0.3) is 0 Å². The Kier molecular flexibility index (Phi) is 5.99. The average molecular weight is 566 g/mol. The fourth-order valence-electron chi connectivity index (χ4n) is 5.45. The van der Waals surface area contributed by atoms with Crippen LogP contribution in [0.1, 0.15) is 0 Å². The quantitative estimate of drug-likeness (QED) is 0.202. The molecular formula is C36H25BrN2. The minimum absolute atomic E-state index is 1.08. The molecular weight excluding hydrogens is 540 g/mol. The Morgan fingerprint density at radius 2 is 1.21 bits per heavy atom. The van der Waals surface area contributed by atoms with E-state index in [9.17, 15) is 0 Å². The molecule has 0 saturated heterocycles. The maximum absolute atomic E-state index is 3.56. The van der Waals surface area contributed by atoms with E-state index in [1.807, 2.05) is 0 Å². The monoisotopic (exact) mass is 564 g/mol. The van der Waals surface area contributed by atoms with Crippen LogP contribution in [0.4, 0.5) is 17.1 Å². The molecule has 0 atom stereocenters. The minimum Gasteiger partial charge on any atom is -0.317 e. The maximum atomic E-state index is 3.56. The Balaban J connectivity index is 1.42. The summed E-state index contributed by atoms with van der Waals surface area (Å²) in [5, 5.41) is 3.70. The third-order valence-electron chi connectivity index (χ3n) is 7.28. The van der Waals surface area contributed by atoms with Crippen molar-refractivity contribution in [2.75, 3.05) is 4.90 Å². The molecule has 0 spiro atoms. The molecule has 186 valence electrons. The molecule has 2 nitrogen and oxygen atoms in total. The summed E-state index contributed by atoms with van der Waals surface area (Å²) in [6.07, 6.45) is 2.17. The molecule has 7 rings (SSSR count). The summed E-state index contributed by atoms with van der Waals surface area (Å²) in [7, 11) is 0. The zero-order valence-electron chi connectivity index (χ0n) is 21.2. The first kappa shape index (κ1) is 23.5. The van der Waals surface area contributed by atoms with Crippen LogP contribution in [-0.4, -0.2) is 4.57 Å². The molecule has 0 bridgehead atoms. The number of hydrogen-bond acceptors (Lipinski definition) is 1. The van der Waals surface area contributed by atoms with E-state index in [0.717, 1.165) is 21.5 Å². The smallest absolute Gasteiger partial charge is 0.0540 e. The van der Waals surface area contributed by atoms with Crippen LogP contribution in [-0.2, 0) is 0 Å². The number of anilines is 3. The molecule has 3 heteroatoms. The van der Waals surface area contributed by atoms with Crippen LogP contribution in [0.15, 0.2) is 156 Å². The van der Waals surface area contributed by atoms with Gasteiger partial charge in [-0.15, -0.1) is 0 Å². The molecule has 0 N–H and O–H groups in total. The van der Waals surface area contributed by atoms with E-state index < -0.39 is 0 Å². The van der Waals surface area contributed by atoms with E-state index in [-0.39, 0.29) is 0 Å². The van der Waals surface area contributed by atoms with Crippen molar-refractivity contribution in [2.45, 2.75) is 0 Å². The van der Waals surface area contributed by atoms with Crippen molar-refractivity contribution in [3.8, 4) is 16.8 Å². The van der Waals surface area contributed by atoms with Crippen LogP contribution in [0.25, 0.3) is 38.5 Å². The van der Waals surface area contributed by atoms with Crippen LogP contribution in [0, 0.1) is 0 Å². The van der Waals surface area contributed by atoms with Gasteiger partial charge in [-0.3, -0.25) is 0 Å². The summed E-state index contributed by atoms with van der Waals surface area (Å²) in [6.45, 7) is 0. The maximum Gasteiger partial charge on any atom is 0.0540 e. The Hall–Kier alpha value is -4.60. The van der Waals surface area contributed by atoms with Gasteiger partial charge < -0.3 is 9.47 Å². The highest BCUT2D eigenvalue weighted by atomic mass is 79.9. The highest BCUT2D eigenvalue weighted by Gasteiger charge is 2.17. The van der Waals surface area contributed by atoms with E-state index >= 15 is 0 Å². The average Bonchev–Trinajstić information content (AvgIpc) is 3.44. The van der Waals surface area contributed by atoms with Gasteiger partial charge in [0.2, 0.25) is 0 Å². The second-order valence-electron chi connectivity index (χ2n) is 9.62. The fourth-order valence-corrected chi connectivity index (χ4v) is 5.71. The van der Waals surface area contributed by atoms with Gasteiger partial charge in [0.1, 0.15) is 0 Å². The lowest BCUT2D eigenvalue weighted by Gasteiger charge is -2.27. The lowest BCUT2D eigenvalue weighted by Crippen LogP contribution is -2.10. The van der Waals surface area contributed by atoms with Gasteiger partial charge in [0.05, 0.1) is 11.2 Å². The first-order valence-corrected chi connectivity index (χ1v) is 13.8. The fraction of sp³-hybridized carbons (Fsp3) is 0. The first-order valence-electron chi connectivity index (χ1n) is 13.1. The van der Waals surface area contributed by atoms with Gasteiger partial charge in [-0.2, -0.15) is 0 Å². The van der Waals surface area contributed by atoms with Crippen LogP contribution < -0.4 is 4.90 Å². The number of nitrogens with zero attached hydrogens (tertiary/aromatic N) is 2. The number of benzene rings is 6. The van der Waals surface area contributed by atoms with E-state index in [2.05, 4.69) is 177 Å². The zero-order valence-corrected chi connectivity index (χ0v) is 22.8. The number of hydrogen-bond donors (Lipinski definition) is 0. The second kappa shape index (κ2) is 9.94. The molecule has 0 aliphatic rings. The van der Waals surface area contributed by atoms with E-state index in [0.29, 0.717) is 0 Å². The molecule has 0 fully saturated rings. The van der Waals surface area contributed by atoms with Gasteiger partial charge in [0.15, 0.2) is 0 Å². The predicted octanol–water partition coefficient (Wildman–Crippen LogP) is 10.7. The first-order chi connectivity index (χ1) is 19.3. The van der Waals surface area contributed by atoms with Gasteiger partial charge in [-0.25, -0.2) is 0 Å². The largest absolute Gasteiger partial charge is 0.317 e. The third-order valence-corrected chi connectivity index (χ3v) is 7.81.